The first-order chi connectivity index (χ1) is 25.3. The number of nitrogens with two attached hydrogens (primary N) is 1. The maximum Gasteiger partial charge on any atom is 0.296 e. The van der Waals surface area contributed by atoms with E-state index in [0.717, 1.165) is 12.1 Å². The summed E-state index contributed by atoms with van der Waals surface area (Å²) in [6, 6.07) is 28.8. The third-order valence-electron chi connectivity index (χ3n) is 7.27. The molecule has 21 heteroatoms. The summed E-state index contributed by atoms with van der Waals surface area (Å²) in [4.78, 5) is -1.76. The van der Waals surface area contributed by atoms with Gasteiger partial charge in [0.1, 0.15) is 26.9 Å². The van der Waals surface area contributed by atoms with Crippen LogP contribution in [-0.4, -0.2) is 95.3 Å². The molecule has 0 aromatic heterocycles. The van der Waals surface area contributed by atoms with Crippen molar-refractivity contribution in [3.63, 3.8) is 0 Å². The maximum absolute atomic E-state index is 12.4. The van der Waals surface area contributed by atoms with Crippen molar-refractivity contribution in [3.05, 3.63) is 115 Å². The van der Waals surface area contributed by atoms with Crippen LogP contribution in [0.3, 0.4) is 0 Å². The second-order valence-corrected chi connectivity index (χ2v) is 13.7. The molecule has 0 saturated heterocycles. The monoisotopic (exact) mass is 797 g/mol. The molecule has 0 aliphatic rings. The number of phenolic OH excluding ortho intramolecular Hbond substituents is 2. The van der Waals surface area contributed by atoms with E-state index >= 15 is 0 Å². The summed E-state index contributed by atoms with van der Waals surface area (Å²) in [6.45, 7) is 0. The van der Waals surface area contributed by atoms with Crippen molar-refractivity contribution in [2.75, 3.05) is 5.73 Å². The van der Waals surface area contributed by atoms with Crippen LogP contribution >= 0.6 is 0 Å². The summed E-state index contributed by atoms with van der Waals surface area (Å²) < 4.78 is 69.2. The number of phenols is 2. The molecule has 6 rings (SSSR count). The molecular formula is C34H25N9Na2O8S2. The molecule has 268 valence electrons. The molecule has 0 aliphatic heterocycles. The van der Waals surface area contributed by atoms with Crippen molar-refractivity contribution in [1.82, 2.24) is 0 Å². The SMILES string of the molecule is Nc1c(N=Nc2ccccc2)c(S(=O)(=O)O)cc2cc(S(=O)(=O)O)c(N=Nc3ccc(N=Nc4ccc(N=Nc5ccc(O)cc5)cc4)cc3)c(O)c12.[Na].[Na]. The number of rotatable bonds is 10. The van der Waals surface area contributed by atoms with E-state index in [4.69, 9.17) is 5.73 Å². The standard InChI is InChI=1S/C34H25N9O8S2.2Na/c35-31-30-20(18-28(52(46,47)48)32(31)42-40-21-4-2-1-3-5-21)19-29(53(49,50)51)33(34(30)45)43-41-25-12-10-24(11-13-25)37-36-22-6-8-23(9-7-22)38-39-26-14-16-27(44)17-15-26;;/h1-19,44-45H,35H2,(H,46,47,48)(H,49,50,51);;. The smallest absolute Gasteiger partial charge is 0.296 e. The fraction of sp³-hybridized carbons (Fsp3) is 0. The zero-order valence-electron chi connectivity index (χ0n) is 28.9. The molecule has 6 N–H and O–H groups in total. The predicted octanol–water partition coefficient (Wildman–Crippen LogP) is 9.23. The quantitative estimate of drug-likeness (QED) is 0.0382. The van der Waals surface area contributed by atoms with Crippen LogP contribution in [0.4, 0.5) is 51.2 Å². The zero-order chi connectivity index (χ0) is 37.8. The second-order valence-electron chi connectivity index (χ2n) is 10.9. The number of aromatic hydroxyl groups is 2. The first kappa shape index (κ1) is 42.9. The number of hydrogen-bond acceptors (Lipinski definition) is 15. The molecule has 6 aromatic carbocycles. The first-order valence-electron chi connectivity index (χ1n) is 15.0. The molecule has 0 unspecified atom stereocenters. The number of hydrogen-bond donors (Lipinski definition) is 5. The molecule has 17 nitrogen and oxygen atoms in total. The molecule has 0 amide bonds. The number of benzene rings is 6. The van der Waals surface area contributed by atoms with Gasteiger partial charge in [-0.05, 0) is 102 Å². The van der Waals surface area contributed by atoms with Crippen molar-refractivity contribution >= 4 is 141 Å². The Hall–Kier alpha value is -4.80. The number of nitrogens with zero attached hydrogens (tertiary/aromatic N) is 8. The van der Waals surface area contributed by atoms with Crippen molar-refractivity contribution in [1.29, 1.82) is 0 Å². The van der Waals surface area contributed by atoms with Gasteiger partial charge in [-0.15, -0.1) is 10.2 Å². The van der Waals surface area contributed by atoms with Gasteiger partial charge in [-0.1, -0.05) is 18.2 Å². The Balaban J connectivity index is 0.00000336. The molecule has 0 spiro atoms. The van der Waals surface area contributed by atoms with E-state index in [2.05, 4.69) is 40.9 Å². The van der Waals surface area contributed by atoms with E-state index < -0.39 is 52.8 Å². The Kier molecular flexibility index (Phi) is 14.2. The molecule has 0 atom stereocenters. The summed E-state index contributed by atoms with van der Waals surface area (Å²) in [7, 11) is -10.1. The molecule has 55 heavy (non-hydrogen) atoms. The first-order valence-corrected chi connectivity index (χ1v) is 17.9. The Labute approximate surface area is 357 Å². The van der Waals surface area contributed by atoms with Gasteiger partial charge in [0.15, 0.2) is 5.75 Å². The topological polar surface area (TPSA) is 274 Å². The van der Waals surface area contributed by atoms with Crippen molar-refractivity contribution in [2.24, 2.45) is 40.9 Å². The third-order valence-corrected chi connectivity index (χ3v) is 9.00. The Bertz CT molecular complexity index is 2680. The minimum absolute atomic E-state index is 0. The van der Waals surface area contributed by atoms with Crippen LogP contribution in [0.1, 0.15) is 0 Å². The van der Waals surface area contributed by atoms with Crippen molar-refractivity contribution in [2.45, 2.75) is 9.79 Å². The predicted molar refractivity (Wildman–Crippen MR) is 205 cm³/mol. The Morgan fingerprint density at radius 1 is 0.455 bits per heavy atom. The molecule has 0 bridgehead atoms. The van der Waals surface area contributed by atoms with E-state index in [1.165, 1.54) is 24.3 Å². The Morgan fingerprint density at radius 2 is 0.782 bits per heavy atom. The van der Waals surface area contributed by atoms with Crippen molar-refractivity contribution in [3.8, 4) is 11.5 Å². The molecule has 0 heterocycles. The van der Waals surface area contributed by atoms with Gasteiger partial charge >= 0.3 is 0 Å². The summed E-state index contributed by atoms with van der Waals surface area (Å²) in [5.74, 6) is -0.756. The summed E-state index contributed by atoms with van der Waals surface area (Å²) in [5, 5.41) is 52.3. The van der Waals surface area contributed by atoms with Crippen LogP contribution < -0.4 is 5.73 Å². The number of fused-ring (bicyclic) bond motifs is 1. The minimum atomic E-state index is -5.09. The van der Waals surface area contributed by atoms with E-state index in [1.54, 1.807) is 78.9 Å². The van der Waals surface area contributed by atoms with Gasteiger partial charge in [0, 0.05) is 59.1 Å². The number of anilines is 1. The molecule has 0 aliphatic carbocycles. The van der Waals surface area contributed by atoms with Gasteiger partial charge in [-0.3, -0.25) is 9.11 Å². The van der Waals surface area contributed by atoms with E-state index in [-0.39, 0.29) is 81.3 Å². The fourth-order valence-corrected chi connectivity index (χ4v) is 6.07. The summed E-state index contributed by atoms with van der Waals surface area (Å²) >= 11 is 0. The average molecular weight is 798 g/mol. The van der Waals surface area contributed by atoms with Crippen LogP contribution in [0, 0.1) is 0 Å². The largest absolute Gasteiger partial charge is 0.508 e. The number of nitrogen functional groups attached to an aromatic ring is 1. The van der Waals surface area contributed by atoms with Gasteiger partial charge in [-0.2, -0.15) is 47.5 Å². The van der Waals surface area contributed by atoms with Crippen LogP contribution in [-0.2, 0) is 20.2 Å². The fourth-order valence-electron chi connectivity index (χ4n) is 4.74. The maximum atomic E-state index is 12.4. The summed E-state index contributed by atoms with van der Waals surface area (Å²) in [5.41, 5.74) is 7.07. The van der Waals surface area contributed by atoms with Crippen molar-refractivity contribution < 1.29 is 36.2 Å². The van der Waals surface area contributed by atoms with Gasteiger partial charge in [0.25, 0.3) is 20.2 Å². The zero-order valence-corrected chi connectivity index (χ0v) is 34.5. The molecule has 0 saturated carbocycles. The Morgan fingerprint density at radius 3 is 1.18 bits per heavy atom. The summed E-state index contributed by atoms with van der Waals surface area (Å²) in [6.07, 6.45) is 0. The number of azo groups is 4. The van der Waals surface area contributed by atoms with Gasteiger partial charge in [0.05, 0.1) is 45.2 Å². The minimum Gasteiger partial charge on any atom is -0.508 e. The normalized spacial score (nSPS) is 12.1. The van der Waals surface area contributed by atoms with Crippen LogP contribution in [0.15, 0.2) is 166 Å². The molecule has 6 aromatic rings. The van der Waals surface area contributed by atoms with Crippen LogP contribution in [0.5, 0.6) is 11.5 Å². The third kappa shape index (κ3) is 10.7. The van der Waals surface area contributed by atoms with Gasteiger partial charge in [-0.25, -0.2) is 0 Å². The molecular weight excluding hydrogens is 773 g/mol. The second kappa shape index (κ2) is 18.2. The van der Waals surface area contributed by atoms with E-state index in [1.807, 2.05) is 0 Å². The molecule has 0 fully saturated rings. The van der Waals surface area contributed by atoms with Gasteiger partial charge < -0.3 is 15.9 Å². The molecule has 2 radical (unpaired) electrons. The van der Waals surface area contributed by atoms with Crippen LogP contribution in [0.2, 0.25) is 0 Å². The van der Waals surface area contributed by atoms with E-state index in [9.17, 15) is 36.2 Å². The van der Waals surface area contributed by atoms with Crippen LogP contribution in [0.25, 0.3) is 10.8 Å². The van der Waals surface area contributed by atoms with E-state index in [0.29, 0.717) is 28.4 Å². The average Bonchev–Trinajstić information content (AvgIpc) is 3.13. The van der Waals surface area contributed by atoms with Gasteiger partial charge in [0.2, 0.25) is 0 Å².